The second-order valence-electron chi connectivity index (χ2n) is 3.73. The van der Waals surface area contributed by atoms with Crippen molar-refractivity contribution in [1.82, 2.24) is 14.9 Å². The number of hydrogen-bond donors (Lipinski definition) is 1. The lowest BCUT2D eigenvalue weighted by molar-refractivity contribution is 0.0694. The van der Waals surface area contributed by atoms with Gasteiger partial charge in [-0.1, -0.05) is 0 Å². The van der Waals surface area contributed by atoms with Crippen LogP contribution in [0.4, 0.5) is 0 Å². The number of nitrogens with zero attached hydrogens (tertiary/aromatic N) is 3. The topological polar surface area (TPSA) is 66.3 Å². The highest BCUT2D eigenvalue weighted by atomic mass is 16.4. The van der Waals surface area contributed by atoms with Gasteiger partial charge in [-0.2, -0.15) is 0 Å². The average molecular weight is 209 g/mol. The van der Waals surface area contributed by atoms with Gasteiger partial charge in [-0.05, 0) is 27.9 Å². The summed E-state index contributed by atoms with van der Waals surface area (Å²) < 4.78 is 0. The Balaban J connectivity index is 3.14. The smallest absolute Gasteiger partial charge is 0.339 e. The summed E-state index contributed by atoms with van der Waals surface area (Å²) in [7, 11) is 3.83. The second-order valence-corrected chi connectivity index (χ2v) is 3.73. The third-order valence-corrected chi connectivity index (χ3v) is 1.99. The largest absolute Gasteiger partial charge is 0.478 e. The molecule has 1 N–H and O–H groups in total. The molecule has 0 aliphatic heterocycles. The zero-order valence-electron chi connectivity index (χ0n) is 9.40. The number of hydrogen-bond acceptors (Lipinski definition) is 4. The van der Waals surface area contributed by atoms with Crippen LogP contribution in [0.5, 0.6) is 0 Å². The number of carboxylic acids is 1. The van der Waals surface area contributed by atoms with Gasteiger partial charge >= 0.3 is 5.97 Å². The van der Waals surface area contributed by atoms with Crippen LogP contribution >= 0.6 is 0 Å². The summed E-state index contributed by atoms with van der Waals surface area (Å²) in [5.41, 5.74) is 1.25. The summed E-state index contributed by atoms with van der Waals surface area (Å²) in [5.74, 6) is -0.318. The van der Waals surface area contributed by atoms with Crippen LogP contribution < -0.4 is 0 Å². The molecule has 82 valence electrons. The minimum Gasteiger partial charge on any atom is -0.478 e. The molecule has 0 atom stereocenters. The molecule has 5 heteroatoms. The van der Waals surface area contributed by atoms with E-state index >= 15 is 0 Å². The molecule has 0 unspecified atom stereocenters. The van der Waals surface area contributed by atoms with Crippen LogP contribution in [0, 0.1) is 13.8 Å². The van der Waals surface area contributed by atoms with Crippen LogP contribution in [0.3, 0.4) is 0 Å². The van der Waals surface area contributed by atoms with Gasteiger partial charge in [0.15, 0.2) is 0 Å². The molecule has 0 spiro atoms. The third-order valence-electron chi connectivity index (χ3n) is 1.99. The summed E-state index contributed by atoms with van der Waals surface area (Å²) in [6, 6.07) is 0. The van der Waals surface area contributed by atoms with E-state index in [1.165, 1.54) is 0 Å². The Morgan fingerprint density at radius 3 is 2.07 bits per heavy atom. The number of carboxylic acid groups (broad SMARTS) is 1. The first-order valence-corrected chi connectivity index (χ1v) is 4.64. The van der Waals surface area contributed by atoms with Crippen molar-refractivity contribution in [3.05, 3.63) is 22.8 Å². The number of aromatic nitrogens is 2. The Labute approximate surface area is 88.8 Å². The molecule has 0 aliphatic rings. The van der Waals surface area contributed by atoms with Crippen molar-refractivity contribution in [2.75, 3.05) is 14.1 Å². The SMILES string of the molecule is Cc1nc(CN(C)C)nc(C)c1C(=O)O. The Bertz CT molecular complexity index is 365. The van der Waals surface area contributed by atoms with Gasteiger partial charge in [0, 0.05) is 0 Å². The van der Waals surface area contributed by atoms with Crippen LogP contribution in [0.1, 0.15) is 27.6 Å². The van der Waals surface area contributed by atoms with Crippen LogP contribution in [0.25, 0.3) is 0 Å². The first kappa shape index (κ1) is 11.6. The molecule has 5 nitrogen and oxygen atoms in total. The predicted octanol–water partition coefficient (Wildman–Crippen LogP) is 0.853. The normalized spacial score (nSPS) is 10.7. The summed E-state index contributed by atoms with van der Waals surface area (Å²) in [4.78, 5) is 21.1. The fourth-order valence-electron chi connectivity index (χ4n) is 1.45. The quantitative estimate of drug-likeness (QED) is 0.799. The van der Waals surface area contributed by atoms with Crippen LogP contribution in [0.2, 0.25) is 0 Å². The van der Waals surface area contributed by atoms with Crippen molar-refractivity contribution >= 4 is 5.97 Å². The summed E-state index contributed by atoms with van der Waals surface area (Å²) in [6.45, 7) is 4.00. The number of carbonyl (C=O) groups is 1. The van der Waals surface area contributed by atoms with E-state index in [-0.39, 0.29) is 5.56 Å². The Morgan fingerprint density at radius 2 is 1.73 bits per heavy atom. The molecule has 0 aliphatic carbocycles. The Hall–Kier alpha value is -1.49. The van der Waals surface area contributed by atoms with Gasteiger partial charge in [-0.15, -0.1) is 0 Å². The molecule has 0 bridgehead atoms. The molecule has 1 aromatic heterocycles. The highest BCUT2D eigenvalue weighted by molar-refractivity contribution is 5.89. The first-order valence-electron chi connectivity index (χ1n) is 4.64. The maximum atomic E-state index is 10.9. The molecule has 15 heavy (non-hydrogen) atoms. The number of rotatable bonds is 3. The van der Waals surface area contributed by atoms with E-state index in [0.29, 0.717) is 23.8 Å². The molecule has 1 rings (SSSR count). The Morgan fingerprint density at radius 1 is 1.27 bits per heavy atom. The zero-order chi connectivity index (χ0) is 11.6. The molecule has 0 fully saturated rings. The highest BCUT2D eigenvalue weighted by Crippen LogP contribution is 2.10. The monoisotopic (exact) mass is 209 g/mol. The van der Waals surface area contributed by atoms with Gasteiger partial charge in [0.05, 0.1) is 17.9 Å². The van der Waals surface area contributed by atoms with E-state index in [9.17, 15) is 4.79 Å². The molecule has 1 heterocycles. The molecule has 1 aromatic rings. The van der Waals surface area contributed by atoms with Crippen molar-refractivity contribution in [3.63, 3.8) is 0 Å². The van der Waals surface area contributed by atoms with Crippen molar-refractivity contribution in [1.29, 1.82) is 0 Å². The molecular weight excluding hydrogens is 194 g/mol. The molecular formula is C10H15N3O2. The zero-order valence-corrected chi connectivity index (χ0v) is 9.40. The standard InChI is InChI=1S/C10H15N3O2/c1-6-9(10(14)15)7(2)12-8(11-6)5-13(3)4/h5H2,1-4H3,(H,14,15). The van der Waals surface area contributed by atoms with Gasteiger partial charge in [-0.25, -0.2) is 14.8 Å². The lowest BCUT2D eigenvalue weighted by Gasteiger charge is -2.11. The van der Waals surface area contributed by atoms with Gasteiger partial charge in [0.25, 0.3) is 0 Å². The lowest BCUT2D eigenvalue weighted by Crippen LogP contribution is -2.16. The third kappa shape index (κ3) is 2.73. The fraction of sp³-hybridized carbons (Fsp3) is 0.500. The second kappa shape index (κ2) is 4.35. The minimum atomic E-state index is -0.971. The average Bonchev–Trinajstić information content (AvgIpc) is 1.99. The molecule has 0 saturated heterocycles. The number of aromatic carboxylic acids is 1. The maximum Gasteiger partial charge on any atom is 0.339 e. The maximum absolute atomic E-state index is 10.9. The van der Waals surface area contributed by atoms with E-state index in [2.05, 4.69) is 9.97 Å². The van der Waals surface area contributed by atoms with Crippen molar-refractivity contribution < 1.29 is 9.90 Å². The van der Waals surface area contributed by atoms with E-state index in [0.717, 1.165) is 0 Å². The highest BCUT2D eigenvalue weighted by Gasteiger charge is 2.14. The van der Waals surface area contributed by atoms with Crippen LogP contribution in [0.15, 0.2) is 0 Å². The van der Waals surface area contributed by atoms with E-state index in [1.54, 1.807) is 13.8 Å². The van der Waals surface area contributed by atoms with Crippen molar-refractivity contribution in [3.8, 4) is 0 Å². The van der Waals surface area contributed by atoms with Gasteiger partial charge < -0.3 is 10.0 Å². The van der Waals surface area contributed by atoms with Crippen molar-refractivity contribution in [2.45, 2.75) is 20.4 Å². The van der Waals surface area contributed by atoms with Crippen LogP contribution in [-0.2, 0) is 6.54 Å². The van der Waals surface area contributed by atoms with Crippen molar-refractivity contribution in [2.24, 2.45) is 0 Å². The van der Waals surface area contributed by atoms with Gasteiger partial charge in [0.1, 0.15) is 11.4 Å². The summed E-state index contributed by atoms with van der Waals surface area (Å²) >= 11 is 0. The molecule has 0 amide bonds. The van der Waals surface area contributed by atoms with Gasteiger partial charge in [0.2, 0.25) is 0 Å². The summed E-state index contributed by atoms with van der Waals surface area (Å²) in [5, 5.41) is 8.93. The van der Waals surface area contributed by atoms with E-state index in [1.807, 2.05) is 19.0 Å². The molecule has 0 radical (unpaired) electrons. The van der Waals surface area contributed by atoms with E-state index in [4.69, 9.17) is 5.11 Å². The Kier molecular flexibility index (Phi) is 3.36. The molecule has 0 saturated carbocycles. The number of aryl methyl sites for hydroxylation is 2. The minimum absolute atomic E-state index is 0.206. The fourth-order valence-corrected chi connectivity index (χ4v) is 1.45. The first-order chi connectivity index (χ1) is 6.91. The lowest BCUT2D eigenvalue weighted by atomic mass is 10.2. The van der Waals surface area contributed by atoms with E-state index < -0.39 is 5.97 Å². The summed E-state index contributed by atoms with van der Waals surface area (Å²) in [6.07, 6.45) is 0. The van der Waals surface area contributed by atoms with Gasteiger partial charge in [-0.3, -0.25) is 0 Å². The molecule has 0 aromatic carbocycles. The van der Waals surface area contributed by atoms with Crippen LogP contribution in [-0.4, -0.2) is 40.0 Å². The predicted molar refractivity (Wildman–Crippen MR) is 55.9 cm³/mol.